The number of imidazole rings is 1. The van der Waals surface area contributed by atoms with Crippen molar-refractivity contribution >= 4 is 28.6 Å². The van der Waals surface area contributed by atoms with Gasteiger partial charge in [0, 0.05) is 72.9 Å². The molecule has 10 heteroatoms. The zero-order valence-corrected chi connectivity index (χ0v) is 23.2. The fraction of sp³-hybridized carbons (Fsp3) is 0.345. The highest BCUT2D eigenvalue weighted by Crippen LogP contribution is 2.47. The molecule has 0 spiro atoms. The zero-order valence-electron chi connectivity index (χ0n) is 23.2. The molecular formula is C29H33N9O. The quantitative estimate of drug-likeness (QED) is 0.234. The molecule has 1 aliphatic carbocycles. The summed E-state index contributed by atoms with van der Waals surface area (Å²) in [5.41, 5.74) is 14.5. The Hall–Kier alpha value is -4.47. The van der Waals surface area contributed by atoms with Gasteiger partial charge in [0.2, 0.25) is 0 Å². The van der Waals surface area contributed by atoms with E-state index >= 15 is 0 Å². The molecule has 0 aliphatic heterocycles. The predicted molar refractivity (Wildman–Crippen MR) is 154 cm³/mol. The monoisotopic (exact) mass is 523 g/mol. The maximum Gasteiger partial charge on any atom is 0.258 e. The van der Waals surface area contributed by atoms with Crippen LogP contribution in [0.3, 0.4) is 0 Å². The van der Waals surface area contributed by atoms with E-state index in [1.54, 1.807) is 22.7 Å². The van der Waals surface area contributed by atoms with Gasteiger partial charge in [0.25, 0.3) is 5.88 Å². The summed E-state index contributed by atoms with van der Waals surface area (Å²) < 4.78 is 11.1. The Labute approximate surface area is 227 Å². The number of ether oxygens (including phenoxy) is 1. The lowest BCUT2D eigenvalue weighted by atomic mass is 10.0. The van der Waals surface area contributed by atoms with Gasteiger partial charge in [0.1, 0.15) is 11.5 Å². The molecule has 2 N–H and O–H groups in total. The third-order valence-electron chi connectivity index (χ3n) is 7.23. The van der Waals surface area contributed by atoms with E-state index in [1.807, 2.05) is 38.6 Å². The second kappa shape index (κ2) is 9.37. The van der Waals surface area contributed by atoms with Crippen LogP contribution >= 0.6 is 0 Å². The van der Waals surface area contributed by atoms with E-state index in [0.29, 0.717) is 23.2 Å². The number of hydrogen-bond donors (Lipinski definition) is 1. The first kappa shape index (κ1) is 24.8. The minimum Gasteiger partial charge on any atom is -0.478 e. The number of hydrogen-bond acceptors (Lipinski definition) is 7. The fourth-order valence-electron chi connectivity index (χ4n) is 5.24. The van der Waals surface area contributed by atoms with Crippen molar-refractivity contribution < 1.29 is 4.74 Å². The molecule has 0 radical (unpaired) electrons. The van der Waals surface area contributed by atoms with E-state index in [-0.39, 0.29) is 5.92 Å². The lowest BCUT2D eigenvalue weighted by Gasteiger charge is -2.12. The van der Waals surface area contributed by atoms with Crippen molar-refractivity contribution in [1.82, 2.24) is 34.1 Å². The van der Waals surface area contributed by atoms with Crippen LogP contribution in [0.15, 0.2) is 41.7 Å². The number of anilines is 1. The maximum atomic E-state index is 6.53. The predicted octanol–water partition coefficient (Wildman–Crippen LogP) is 5.11. The summed E-state index contributed by atoms with van der Waals surface area (Å²) in [7, 11) is 7.45. The summed E-state index contributed by atoms with van der Waals surface area (Å²) in [6.07, 6.45) is 7.89. The molecule has 0 unspecified atom stereocenters. The Kier molecular flexibility index (Phi) is 5.97. The standard InChI is InChI=1S/C29H33N9O/c1-16(2)24-20(12-18-14-36(3)34-27(18)32-24)28-33-25(26(38(28)5)17-10-11-17)19-8-7-9-22(30)21(19)13-31-23-15-37(4)35-29(23)39-6/h7-9,12-17H,10-11,30H2,1-6H3. The van der Waals surface area contributed by atoms with Gasteiger partial charge in [-0.25, -0.2) is 15.0 Å². The average molecular weight is 524 g/mol. The Morgan fingerprint density at radius 1 is 1.05 bits per heavy atom. The molecular weight excluding hydrogens is 490 g/mol. The van der Waals surface area contributed by atoms with Gasteiger partial charge in [0.05, 0.1) is 24.7 Å². The Bertz CT molecular complexity index is 1730. The van der Waals surface area contributed by atoms with Crippen molar-refractivity contribution in [2.24, 2.45) is 26.1 Å². The molecule has 5 aromatic rings. The van der Waals surface area contributed by atoms with Crippen LogP contribution in [0.2, 0.25) is 0 Å². The van der Waals surface area contributed by atoms with Gasteiger partial charge in [-0.3, -0.25) is 9.36 Å². The highest BCUT2D eigenvalue weighted by Gasteiger charge is 2.33. The SMILES string of the molecule is COc1nn(C)cc1N=Cc1c(N)cccc1-c1nc(-c2cc3cn(C)nc3nc2C(C)C)n(C)c1C1CC1. The maximum absolute atomic E-state index is 6.53. The number of aliphatic imine (C=N–C) groups is 1. The van der Waals surface area contributed by atoms with Crippen molar-refractivity contribution in [3.05, 3.63) is 53.6 Å². The van der Waals surface area contributed by atoms with Gasteiger partial charge >= 0.3 is 0 Å². The number of pyridine rings is 1. The van der Waals surface area contributed by atoms with E-state index < -0.39 is 0 Å². The molecule has 0 bridgehead atoms. The molecule has 1 aliphatic rings. The van der Waals surface area contributed by atoms with Gasteiger partial charge < -0.3 is 15.0 Å². The molecule has 4 heterocycles. The highest BCUT2D eigenvalue weighted by atomic mass is 16.5. The van der Waals surface area contributed by atoms with Gasteiger partial charge in [-0.1, -0.05) is 26.0 Å². The molecule has 39 heavy (non-hydrogen) atoms. The van der Waals surface area contributed by atoms with Crippen LogP contribution in [0.25, 0.3) is 33.7 Å². The largest absolute Gasteiger partial charge is 0.478 e. The van der Waals surface area contributed by atoms with Crippen LogP contribution in [-0.4, -0.2) is 47.4 Å². The molecule has 4 aromatic heterocycles. The number of aryl methyl sites for hydroxylation is 2. The number of benzene rings is 1. The van der Waals surface area contributed by atoms with Crippen molar-refractivity contribution in [2.75, 3.05) is 12.8 Å². The number of nitrogen functional groups attached to an aromatic ring is 1. The first-order valence-electron chi connectivity index (χ1n) is 13.2. The minimum atomic E-state index is 0.209. The topological polar surface area (TPSA) is 114 Å². The molecule has 1 fully saturated rings. The van der Waals surface area contributed by atoms with Crippen LogP contribution in [0.4, 0.5) is 11.4 Å². The normalized spacial score (nSPS) is 13.8. The first-order valence-corrected chi connectivity index (χ1v) is 13.2. The molecule has 6 rings (SSSR count). The number of aromatic nitrogens is 7. The summed E-state index contributed by atoms with van der Waals surface area (Å²) in [6.45, 7) is 4.32. The van der Waals surface area contributed by atoms with E-state index in [0.717, 1.165) is 57.8 Å². The third-order valence-corrected chi connectivity index (χ3v) is 7.23. The second-order valence-corrected chi connectivity index (χ2v) is 10.6. The van der Waals surface area contributed by atoms with Crippen molar-refractivity contribution in [3.8, 4) is 28.5 Å². The van der Waals surface area contributed by atoms with E-state index in [9.17, 15) is 0 Å². The van der Waals surface area contributed by atoms with Crippen LogP contribution in [-0.2, 0) is 21.1 Å². The summed E-state index contributed by atoms with van der Waals surface area (Å²) in [6, 6.07) is 8.11. The summed E-state index contributed by atoms with van der Waals surface area (Å²) in [5.74, 6) is 2.02. The lowest BCUT2D eigenvalue weighted by Crippen LogP contribution is -2.03. The summed E-state index contributed by atoms with van der Waals surface area (Å²) >= 11 is 0. The van der Waals surface area contributed by atoms with E-state index in [4.69, 9.17) is 25.4 Å². The summed E-state index contributed by atoms with van der Waals surface area (Å²) in [4.78, 5) is 15.0. The van der Waals surface area contributed by atoms with Crippen LogP contribution in [0, 0.1) is 0 Å². The van der Waals surface area contributed by atoms with Gasteiger partial charge in [-0.05, 0) is 30.9 Å². The van der Waals surface area contributed by atoms with Crippen LogP contribution in [0.1, 0.15) is 55.5 Å². The third kappa shape index (κ3) is 4.35. The molecule has 0 saturated heterocycles. The van der Waals surface area contributed by atoms with E-state index in [2.05, 4.69) is 47.8 Å². The Balaban J connectivity index is 1.54. The number of fused-ring (bicyclic) bond motifs is 1. The van der Waals surface area contributed by atoms with Crippen molar-refractivity contribution in [3.63, 3.8) is 0 Å². The first-order chi connectivity index (χ1) is 18.7. The van der Waals surface area contributed by atoms with E-state index in [1.165, 1.54) is 5.69 Å². The zero-order chi connectivity index (χ0) is 27.4. The van der Waals surface area contributed by atoms with Crippen molar-refractivity contribution in [1.29, 1.82) is 0 Å². The number of rotatable bonds is 7. The van der Waals surface area contributed by atoms with Crippen LogP contribution < -0.4 is 10.5 Å². The van der Waals surface area contributed by atoms with Crippen molar-refractivity contribution in [2.45, 2.75) is 38.5 Å². The number of nitrogens with two attached hydrogens (primary N) is 1. The van der Waals surface area contributed by atoms with Gasteiger partial charge in [-0.2, -0.15) is 5.10 Å². The van der Waals surface area contributed by atoms with Crippen LogP contribution in [0.5, 0.6) is 5.88 Å². The number of nitrogens with zero attached hydrogens (tertiary/aromatic N) is 8. The smallest absolute Gasteiger partial charge is 0.258 e. The minimum absolute atomic E-state index is 0.209. The molecule has 10 nitrogen and oxygen atoms in total. The molecule has 0 amide bonds. The molecule has 200 valence electrons. The lowest BCUT2D eigenvalue weighted by molar-refractivity contribution is 0.393. The second-order valence-electron chi connectivity index (χ2n) is 10.6. The highest BCUT2D eigenvalue weighted by molar-refractivity contribution is 5.97. The number of methoxy groups -OCH3 is 1. The molecule has 1 saturated carbocycles. The fourth-order valence-corrected chi connectivity index (χ4v) is 5.24. The summed E-state index contributed by atoms with van der Waals surface area (Å²) in [5, 5.41) is 9.84. The van der Waals surface area contributed by atoms with Gasteiger partial charge in [-0.15, -0.1) is 5.10 Å². The average Bonchev–Trinajstić information content (AvgIpc) is 3.43. The molecule has 1 aromatic carbocycles. The molecule has 0 atom stereocenters. The van der Waals surface area contributed by atoms with Gasteiger partial charge in [0.15, 0.2) is 5.65 Å². The Morgan fingerprint density at radius 2 is 1.82 bits per heavy atom. The Morgan fingerprint density at radius 3 is 2.54 bits per heavy atom.